The van der Waals surface area contributed by atoms with Crippen molar-refractivity contribution in [2.75, 3.05) is 22.5 Å². The Morgan fingerprint density at radius 3 is 2.60 bits per heavy atom. The molecule has 0 bridgehead atoms. The van der Waals surface area contributed by atoms with Gasteiger partial charge in [-0.2, -0.15) is 0 Å². The number of nitrogens with zero attached hydrogens (tertiary/aromatic N) is 2. The van der Waals surface area contributed by atoms with Gasteiger partial charge in [0, 0.05) is 23.0 Å². The molecular weight excluding hydrogens is 442 g/mol. The van der Waals surface area contributed by atoms with Crippen molar-refractivity contribution in [1.29, 1.82) is 0 Å². The van der Waals surface area contributed by atoms with E-state index in [9.17, 15) is 14.7 Å². The Kier molecular flexibility index (Phi) is 7.65. The van der Waals surface area contributed by atoms with Crippen LogP contribution in [0.3, 0.4) is 0 Å². The minimum absolute atomic E-state index is 0.221. The average molecular weight is 468 g/mol. The Bertz CT molecular complexity index is 880. The first-order valence-corrected chi connectivity index (χ1v) is 12.1. The normalized spacial score (nSPS) is 14.6. The highest BCUT2D eigenvalue weighted by Gasteiger charge is 2.28. The Labute approximate surface area is 190 Å². The average Bonchev–Trinajstić information content (AvgIpc) is 3.37. The summed E-state index contributed by atoms with van der Waals surface area (Å²) >= 11 is 8.80. The van der Waals surface area contributed by atoms with E-state index < -0.39 is 11.4 Å². The van der Waals surface area contributed by atoms with Gasteiger partial charge < -0.3 is 5.11 Å². The lowest BCUT2D eigenvalue weighted by molar-refractivity contribution is -0.145. The molecule has 0 aliphatic heterocycles. The summed E-state index contributed by atoms with van der Waals surface area (Å²) in [6.45, 7) is 4.05. The van der Waals surface area contributed by atoms with Crippen LogP contribution in [0.4, 0.5) is 15.6 Å². The van der Waals surface area contributed by atoms with Gasteiger partial charge in [-0.25, -0.2) is 9.78 Å². The highest BCUT2D eigenvalue weighted by molar-refractivity contribution is 8.01. The number of rotatable bonds is 8. The number of thioether (sulfide) groups is 1. The second-order valence-corrected chi connectivity index (χ2v) is 10.9. The standard InChI is InChI=1S/C21H26ClN3O3S2/c1-21(2,18(26)27)13-29-17-11-23-19(30-17)24-20(28)25(12-14-5-3-4-6-14)16-9-7-15(22)8-10-16/h7-11,14H,3-6,12-13H2,1-2H3,(H,26,27)(H,23,24,28). The predicted molar refractivity (Wildman–Crippen MR) is 124 cm³/mol. The summed E-state index contributed by atoms with van der Waals surface area (Å²) in [5, 5.41) is 13.3. The monoisotopic (exact) mass is 467 g/mol. The Morgan fingerprint density at radius 1 is 1.30 bits per heavy atom. The van der Waals surface area contributed by atoms with Gasteiger partial charge in [-0.3, -0.25) is 15.0 Å². The second kappa shape index (κ2) is 10.0. The molecule has 1 aliphatic carbocycles. The molecule has 30 heavy (non-hydrogen) atoms. The van der Waals surface area contributed by atoms with E-state index in [4.69, 9.17) is 11.6 Å². The zero-order valence-corrected chi connectivity index (χ0v) is 19.4. The highest BCUT2D eigenvalue weighted by Crippen LogP contribution is 2.34. The van der Waals surface area contributed by atoms with Crippen molar-refractivity contribution in [1.82, 2.24) is 4.98 Å². The van der Waals surface area contributed by atoms with E-state index in [2.05, 4.69) is 10.3 Å². The largest absolute Gasteiger partial charge is 0.481 e. The summed E-state index contributed by atoms with van der Waals surface area (Å²) in [5.41, 5.74) is -0.0248. The summed E-state index contributed by atoms with van der Waals surface area (Å²) in [6.07, 6.45) is 6.36. The van der Waals surface area contributed by atoms with Gasteiger partial charge in [0.2, 0.25) is 0 Å². The van der Waals surface area contributed by atoms with Crippen molar-refractivity contribution in [3.8, 4) is 0 Å². The first kappa shape index (κ1) is 22.9. The Hall–Kier alpha value is -1.77. The van der Waals surface area contributed by atoms with E-state index in [1.54, 1.807) is 37.1 Å². The number of hydrogen-bond acceptors (Lipinski definition) is 5. The van der Waals surface area contributed by atoms with Gasteiger partial charge in [-0.05, 0) is 56.9 Å². The zero-order valence-electron chi connectivity index (χ0n) is 17.1. The molecule has 162 valence electrons. The third kappa shape index (κ3) is 6.12. The van der Waals surface area contributed by atoms with Crippen LogP contribution in [0.5, 0.6) is 0 Å². The fraction of sp³-hybridized carbons (Fsp3) is 0.476. The molecule has 1 aromatic carbocycles. The molecular formula is C21H26ClN3O3S2. The molecule has 9 heteroatoms. The van der Waals surface area contributed by atoms with Gasteiger partial charge >= 0.3 is 12.0 Å². The van der Waals surface area contributed by atoms with Crippen LogP contribution in [0.1, 0.15) is 39.5 Å². The summed E-state index contributed by atoms with van der Waals surface area (Å²) < 4.78 is 0.869. The minimum Gasteiger partial charge on any atom is -0.481 e. The molecule has 3 rings (SSSR count). The number of thiazole rings is 1. The second-order valence-electron chi connectivity index (χ2n) is 8.13. The van der Waals surface area contributed by atoms with E-state index in [1.807, 2.05) is 12.1 Å². The Morgan fingerprint density at radius 2 is 1.97 bits per heavy atom. The summed E-state index contributed by atoms with van der Waals surface area (Å²) in [5.74, 6) is 0.0851. The van der Waals surface area contributed by atoms with Crippen LogP contribution in [0.2, 0.25) is 5.02 Å². The lowest BCUT2D eigenvalue weighted by atomic mass is 9.97. The maximum Gasteiger partial charge on any atom is 0.328 e. The molecule has 1 fully saturated rings. The molecule has 6 nitrogen and oxygen atoms in total. The van der Waals surface area contributed by atoms with Gasteiger partial charge in [0.25, 0.3) is 0 Å². The lowest BCUT2D eigenvalue weighted by Crippen LogP contribution is -2.38. The molecule has 0 unspecified atom stereocenters. The first-order chi connectivity index (χ1) is 14.2. The molecule has 1 saturated carbocycles. The first-order valence-electron chi connectivity index (χ1n) is 9.91. The van der Waals surface area contributed by atoms with Crippen molar-refractivity contribution in [2.24, 2.45) is 11.3 Å². The third-order valence-corrected chi connectivity index (χ3v) is 7.97. The van der Waals surface area contributed by atoms with Crippen LogP contribution in [0, 0.1) is 11.3 Å². The number of hydrogen-bond donors (Lipinski definition) is 2. The van der Waals surface area contributed by atoms with Gasteiger partial charge in [0.1, 0.15) is 0 Å². The molecule has 1 aromatic heterocycles. The fourth-order valence-electron chi connectivity index (χ4n) is 3.23. The molecule has 0 saturated heterocycles. The zero-order chi connectivity index (χ0) is 21.7. The maximum absolute atomic E-state index is 13.1. The summed E-state index contributed by atoms with van der Waals surface area (Å²) in [4.78, 5) is 30.4. The van der Waals surface area contributed by atoms with Crippen molar-refractivity contribution >= 4 is 57.5 Å². The number of carbonyl (C=O) groups is 2. The highest BCUT2D eigenvalue weighted by atomic mass is 35.5. The van der Waals surface area contributed by atoms with E-state index in [0.717, 1.165) is 22.7 Å². The van der Waals surface area contributed by atoms with Gasteiger partial charge in [0.15, 0.2) is 5.13 Å². The smallest absolute Gasteiger partial charge is 0.328 e. The molecule has 2 amide bonds. The van der Waals surface area contributed by atoms with Gasteiger partial charge in [0.05, 0.1) is 15.8 Å². The quantitative estimate of drug-likeness (QED) is 0.450. The van der Waals surface area contributed by atoms with Crippen molar-refractivity contribution in [3.05, 3.63) is 35.5 Å². The predicted octanol–water partition coefficient (Wildman–Crippen LogP) is 6.23. The number of benzene rings is 1. The maximum atomic E-state index is 13.1. The molecule has 0 spiro atoms. The fourth-order valence-corrected chi connectivity index (χ4v) is 5.30. The molecule has 2 N–H and O–H groups in total. The van der Waals surface area contributed by atoms with Crippen LogP contribution in [0.25, 0.3) is 0 Å². The number of urea groups is 1. The number of amides is 2. The minimum atomic E-state index is -0.835. The van der Waals surface area contributed by atoms with Gasteiger partial charge in [-0.15, -0.1) is 11.8 Å². The van der Waals surface area contributed by atoms with Crippen molar-refractivity contribution in [2.45, 2.75) is 43.7 Å². The lowest BCUT2D eigenvalue weighted by Gasteiger charge is -2.25. The van der Waals surface area contributed by atoms with Crippen molar-refractivity contribution < 1.29 is 14.7 Å². The number of carboxylic acid groups (broad SMARTS) is 1. The number of nitrogens with one attached hydrogen (secondary N) is 1. The topological polar surface area (TPSA) is 82.5 Å². The van der Waals surface area contributed by atoms with Crippen LogP contribution in [-0.2, 0) is 4.79 Å². The number of halogens is 1. The van der Waals surface area contributed by atoms with E-state index in [0.29, 0.717) is 28.4 Å². The van der Waals surface area contributed by atoms with Crippen molar-refractivity contribution in [3.63, 3.8) is 0 Å². The van der Waals surface area contributed by atoms with Crippen LogP contribution < -0.4 is 10.2 Å². The summed E-state index contributed by atoms with van der Waals surface area (Å²) in [7, 11) is 0. The number of carbonyl (C=O) groups excluding carboxylic acids is 1. The molecule has 2 aromatic rings. The number of aliphatic carboxylic acids is 1. The molecule has 0 radical (unpaired) electrons. The number of carboxylic acids is 1. The van der Waals surface area contributed by atoms with Crippen LogP contribution in [-0.4, -0.2) is 34.4 Å². The van der Waals surface area contributed by atoms with Gasteiger partial charge in [-0.1, -0.05) is 35.8 Å². The number of aromatic nitrogens is 1. The molecule has 1 heterocycles. The van der Waals surface area contributed by atoms with E-state index in [1.165, 1.54) is 35.9 Å². The Balaban J connectivity index is 1.67. The molecule has 0 atom stereocenters. The van der Waals surface area contributed by atoms with Crippen LogP contribution in [0.15, 0.2) is 34.7 Å². The van der Waals surface area contributed by atoms with Crippen LogP contribution >= 0.6 is 34.7 Å². The third-order valence-electron chi connectivity index (χ3n) is 5.15. The SMILES string of the molecule is CC(C)(CSc1cnc(NC(=O)N(CC2CCCC2)c2ccc(Cl)cc2)s1)C(=O)O. The molecule has 1 aliphatic rings. The van der Waals surface area contributed by atoms with E-state index >= 15 is 0 Å². The number of anilines is 2. The summed E-state index contributed by atoms with van der Waals surface area (Å²) in [6, 6.07) is 7.06. The van der Waals surface area contributed by atoms with E-state index in [-0.39, 0.29) is 6.03 Å².